The minimum Gasteiger partial charge on any atom is -0.372 e. The number of hydrogen-bond donors (Lipinski definition) is 0. The van der Waals surface area contributed by atoms with Gasteiger partial charge in [0.1, 0.15) is 0 Å². The number of hydrogen-bond acceptors (Lipinski definition) is 3. The maximum Gasteiger partial charge on any atom is 0.0637 e. The van der Waals surface area contributed by atoms with E-state index in [1.54, 1.807) is 0 Å². The Morgan fingerprint density at radius 3 is 1.25 bits per heavy atom. The Hall–Kier alpha value is -3.33. The Bertz CT molecular complexity index is 928. The van der Waals surface area contributed by atoms with Crippen molar-refractivity contribution >= 4 is 35.7 Å². The Morgan fingerprint density at radius 1 is 0.531 bits per heavy atom. The average molecular weight is 426 g/mol. The smallest absolute Gasteiger partial charge is 0.0637 e. The van der Waals surface area contributed by atoms with Gasteiger partial charge in [-0.15, -0.1) is 0 Å². The van der Waals surface area contributed by atoms with Crippen molar-refractivity contribution in [3.63, 3.8) is 0 Å². The topological polar surface area (TPSA) is 19.4 Å². The first-order chi connectivity index (χ1) is 15.7. The number of nitrogens with zero attached hydrogens (tertiary/aromatic N) is 3. The van der Waals surface area contributed by atoms with Crippen LogP contribution in [-0.2, 0) is 0 Å². The van der Waals surface area contributed by atoms with Gasteiger partial charge in [0.05, 0.1) is 11.4 Å². The van der Waals surface area contributed by atoms with Crippen molar-refractivity contribution < 1.29 is 0 Å². The van der Waals surface area contributed by atoms with Gasteiger partial charge in [0.2, 0.25) is 0 Å². The zero-order valence-electron chi connectivity index (χ0n) is 19.8. The maximum atomic E-state index is 4.76. The van der Waals surface area contributed by atoms with Crippen LogP contribution in [0, 0.1) is 0 Å². The molecule has 0 saturated heterocycles. The van der Waals surface area contributed by atoms with Gasteiger partial charge in [-0.1, -0.05) is 42.5 Å². The van der Waals surface area contributed by atoms with Crippen LogP contribution in [0.1, 0.15) is 50.2 Å². The van der Waals surface area contributed by atoms with Crippen molar-refractivity contribution in [2.45, 2.75) is 27.7 Å². The molecule has 0 bridgehead atoms. The molecule has 0 radical (unpaired) electrons. The van der Waals surface area contributed by atoms with Crippen LogP contribution < -0.4 is 9.80 Å². The van der Waals surface area contributed by atoms with Crippen LogP contribution in [0.4, 0.5) is 11.4 Å². The fraction of sp³-hybridized carbons (Fsp3) is 0.276. The molecule has 3 nitrogen and oxygen atoms in total. The van der Waals surface area contributed by atoms with E-state index in [-0.39, 0.29) is 0 Å². The number of rotatable bonds is 10. The van der Waals surface area contributed by atoms with Gasteiger partial charge < -0.3 is 9.80 Å². The summed E-state index contributed by atoms with van der Waals surface area (Å²) in [4.78, 5) is 9.46. The minimum atomic E-state index is 0.955. The first kappa shape index (κ1) is 23.3. The molecule has 1 heterocycles. The predicted molar refractivity (Wildman–Crippen MR) is 142 cm³/mol. The SMILES string of the molecule is CCN(CC)c1ccc(C=Cc2cccc(/C=C/c3ccc(N(CC)CC)cc3)n2)cc1. The zero-order valence-corrected chi connectivity index (χ0v) is 19.8. The van der Waals surface area contributed by atoms with Crippen LogP contribution in [0.3, 0.4) is 0 Å². The van der Waals surface area contributed by atoms with Gasteiger partial charge in [-0.25, -0.2) is 4.98 Å². The van der Waals surface area contributed by atoms with E-state index in [0.29, 0.717) is 0 Å². The van der Waals surface area contributed by atoms with Crippen molar-refractivity contribution in [3.05, 3.63) is 89.2 Å². The highest BCUT2D eigenvalue weighted by atomic mass is 15.1. The molecule has 3 heteroatoms. The standard InChI is InChI=1S/C29H35N3/c1-5-31(6-2)28-20-14-24(15-21-28)12-18-26-10-9-11-27(30-26)19-13-25-16-22-29(23-17-25)32(7-3)8-4/h9-23H,5-8H2,1-4H3/b18-12+,19-13?. The van der Waals surface area contributed by atoms with Gasteiger partial charge in [-0.05, 0) is 87.4 Å². The summed E-state index contributed by atoms with van der Waals surface area (Å²) < 4.78 is 0. The van der Waals surface area contributed by atoms with Crippen molar-refractivity contribution in [2.24, 2.45) is 0 Å². The zero-order chi connectivity index (χ0) is 22.8. The van der Waals surface area contributed by atoms with Crippen molar-refractivity contribution in [2.75, 3.05) is 36.0 Å². The Balaban J connectivity index is 1.66. The fourth-order valence-electron chi connectivity index (χ4n) is 3.79. The Labute approximate surface area is 193 Å². The number of anilines is 2. The van der Waals surface area contributed by atoms with Gasteiger partial charge in [0, 0.05) is 37.6 Å². The number of benzene rings is 2. The summed E-state index contributed by atoms with van der Waals surface area (Å²) in [6, 6.07) is 23.5. The summed E-state index contributed by atoms with van der Waals surface area (Å²) in [5.74, 6) is 0. The molecule has 0 N–H and O–H groups in total. The number of aromatic nitrogens is 1. The molecule has 166 valence electrons. The molecule has 0 aliphatic heterocycles. The molecule has 0 unspecified atom stereocenters. The predicted octanol–water partition coefficient (Wildman–Crippen LogP) is 7.11. The van der Waals surface area contributed by atoms with E-state index in [0.717, 1.165) is 37.6 Å². The van der Waals surface area contributed by atoms with E-state index in [1.165, 1.54) is 22.5 Å². The van der Waals surface area contributed by atoms with Crippen LogP contribution in [-0.4, -0.2) is 31.2 Å². The van der Waals surface area contributed by atoms with Gasteiger partial charge in [0.15, 0.2) is 0 Å². The normalized spacial score (nSPS) is 11.4. The van der Waals surface area contributed by atoms with Crippen LogP contribution in [0.15, 0.2) is 66.7 Å². The third-order valence-corrected chi connectivity index (χ3v) is 5.73. The van der Waals surface area contributed by atoms with Gasteiger partial charge >= 0.3 is 0 Å². The molecule has 0 saturated carbocycles. The summed E-state index contributed by atoms with van der Waals surface area (Å²) in [5.41, 5.74) is 6.80. The molecule has 32 heavy (non-hydrogen) atoms. The third kappa shape index (κ3) is 6.34. The molecule has 0 aliphatic rings. The molecule has 0 atom stereocenters. The fourth-order valence-corrected chi connectivity index (χ4v) is 3.79. The quantitative estimate of drug-likeness (QED) is 0.345. The number of pyridine rings is 1. The van der Waals surface area contributed by atoms with Crippen LogP contribution in [0.2, 0.25) is 0 Å². The van der Waals surface area contributed by atoms with E-state index in [2.05, 4.69) is 116 Å². The van der Waals surface area contributed by atoms with Crippen LogP contribution in [0.25, 0.3) is 24.3 Å². The summed E-state index contributed by atoms with van der Waals surface area (Å²) in [6.45, 7) is 12.8. The lowest BCUT2D eigenvalue weighted by Gasteiger charge is -2.20. The Morgan fingerprint density at radius 2 is 0.906 bits per heavy atom. The highest BCUT2D eigenvalue weighted by Crippen LogP contribution is 2.18. The second-order valence-electron chi connectivity index (χ2n) is 7.68. The average Bonchev–Trinajstić information content (AvgIpc) is 2.85. The van der Waals surface area contributed by atoms with Crippen molar-refractivity contribution in [3.8, 4) is 0 Å². The molecule has 1 aromatic heterocycles. The highest BCUT2D eigenvalue weighted by Gasteiger charge is 2.01. The van der Waals surface area contributed by atoms with Gasteiger partial charge in [-0.3, -0.25) is 0 Å². The van der Waals surface area contributed by atoms with E-state index in [4.69, 9.17) is 4.98 Å². The second kappa shape index (κ2) is 11.9. The maximum absolute atomic E-state index is 4.76. The van der Waals surface area contributed by atoms with E-state index in [9.17, 15) is 0 Å². The van der Waals surface area contributed by atoms with Crippen LogP contribution >= 0.6 is 0 Å². The van der Waals surface area contributed by atoms with E-state index < -0.39 is 0 Å². The molecule has 0 fully saturated rings. The van der Waals surface area contributed by atoms with E-state index in [1.807, 2.05) is 12.1 Å². The van der Waals surface area contributed by atoms with Crippen molar-refractivity contribution in [1.82, 2.24) is 4.98 Å². The van der Waals surface area contributed by atoms with E-state index >= 15 is 0 Å². The molecular weight excluding hydrogens is 390 g/mol. The molecule has 2 aromatic carbocycles. The lowest BCUT2D eigenvalue weighted by Crippen LogP contribution is -2.21. The summed E-state index contributed by atoms with van der Waals surface area (Å²) in [7, 11) is 0. The molecule has 0 amide bonds. The molecule has 0 spiro atoms. The van der Waals surface area contributed by atoms with Gasteiger partial charge in [-0.2, -0.15) is 0 Å². The lowest BCUT2D eigenvalue weighted by molar-refractivity contribution is 0.866. The second-order valence-corrected chi connectivity index (χ2v) is 7.68. The first-order valence-corrected chi connectivity index (χ1v) is 11.7. The Kier molecular flexibility index (Phi) is 8.68. The van der Waals surface area contributed by atoms with Crippen molar-refractivity contribution in [1.29, 1.82) is 0 Å². The van der Waals surface area contributed by atoms with Crippen LogP contribution in [0.5, 0.6) is 0 Å². The third-order valence-electron chi connectivity index (χ3n) is 5.73. The minimum absolute atomic E-state index is 0.955. The largest absolute Gasteiger partial charge is 0.372 e. The first-order valence-electron chi connectivity index (χ1n) is 11.7. The monoisotopic (exact) mass is 425 g/mol. The van der Waals surface area contributed by atoms with Gasteiger partial charge in [0.25, 0.3) is 0 Å². The molecule has 3 rings (SSSR count). The summed E-state index contributed by atoms with van der Waals surface area (Å²) >= 11 is 0. The molecule has 0 aliphatic carbocycles. The summed E-state index contributed by atoms with van der Waals surface area (Å²) in [5, 5.41) is 0. The molecule has 3 aromatic rings. The highest BCUT2D eigenvalue weighted by molar-refractivity contribution is 5.72. The lowest BCUT2D eigenvalue weighted by atomic mass is 10.1. The molecular formula is C29H35N3. The summed E-state index contributed by atoms with van der Waals surface area (Å²) in [6.07, 6.45) is 8.38.